The normalized spacial score (nSPS) is 12.6. The molecule has 4 nitrogen and oxygen atoms in total. The molecule has 1 rings (SSSR count). The van der Waals surface area contributed by atoms with Crippen LogP contribution in [0.4, 0.5) is 0 Å². The quantitative estimate of drug-likeness (QED) is 0.726. The summed E-state index contributed by atoms with van der Waals surface area (Å²) in [6.45, 7) is 1.30. The fraction of sp³-hybridized carbons (Fsp3) is 0.250. The van der Waals surface area contributed by atoms with Gasteiger partial charge in [-0.3, -0.25) is 0 Å². The van der Waals surface area contributed by atoms with Crippen molar-refractivity contribution < 1.29 is 16.8 Å². The lowest BCUT2D eigenvalue weighted by atomic mass is 10.4. The Morgan fingerprint density at radius 3 is 1.93 bits per heavy atom. The van der Waals surface area contributed by atoms with Crippen molar-refractivity contribution in [2.45, 2.75) is 11.8 Å². The molecule has 1 aromatic carbocycles. The average molecular weight is 234 g/mol. The highest BCUT2D eigenvalue weighted by atomic mass is 33.2. The van der Waals surface area contributed by atoms with E-state index in [1.165, 1.54) is 31.2 Å². The van der Waals surface area contributed by atoms with Crippen LogP contribution in [0.1, 0.15) is 6.92 Å². The summed E-state index contributed by atoms with van der Waals surface area (Å²) in [5.74, 6) is -0.412. The molecule has 0 aromatic heterocycles. The fourth-order valence-electron chi connectivity index (χ4n) is 0.889. The molecule has 0 aliphatic rings. The fourth-order valence-corrected chi connectivity index (χ4v) is 4.13. The van der Waals surface area contributed by atoms with Crippen LogP contribution in [0.25, 0.3) is 0 Å². The van der Waals surface area contributed by atoms with Gasteiger partial charge in [-0.15, -0.1) is 0 Å². The highest BCUT2D eigenvalue weighted by Gasteiger charge is 2.29. The molecule has 0 heterocycles. The van der Waals surface area contributed by atoms with Gasteiger partial charge < -0.3 is 0 Å². The molecule has 0 N–H and O–H groups in total. The van der Waals surface area contributed by atoms with Crippen molar-refractivity contribution in [2.75, 3.05) is 5.75 Å². The van der Waals surface area contributed by atoms with Gasteiger partial charge in [-0.25, -0.2) is 16.8 Å². The van der Waals surface area contributed by atoms with Gasteiger partial charge in [0, 0.05) is 0 Å². The van der Waals surface area contributed by atoms with E-state index in [9.17, 15) is 16.8 Å². The lowest BCUT2D eigenvalue weighted by Gasteiger charge is -2.02. The molecule has 0 bridgehead atoms. The van der Waals surface area contributed by atoms with Crippen LogP contribution in [0.5, 0.6) is 0 Å². The van der Waals surface area contributed by atoms with E-state index in [4.69, 9.17) is 0 Å². The molecule has 0 fully saturated rings. The van der Waals surface area contributed by atoms with E-state index in [1.54, 1.807) is 6.07 Å². The SMILES string of the molecule is CCS(=O)(=O)S(=O)(=O)c1ccccc1. The summed E-state index contributed by atoms with van der Waals surface area (Å²) in [6, 6.07) is 7.12. The minimum atomic E-state index is -4.22. The first-order valence-corrected chi connectivity index (χ1v) is 7.60. The Morgan fingerprint density at radius 1 is 1.00 bits per heavy atom. The summed E-state index contributed by atoms with van der Waals surface area (Å²) < 4.78 is 45.5. The second kappa shape index (κ2) is 3.70. The smallest absolute Gasteiger partial charge is 0.212 e. The van der Waals surface area contributed by atoms with Crippen LogP contribution in [-0.4, -0.2) is 22.6 Å². The lowest BCUT2D eigenvalue weighted by molar-refractivity contribution is 0.583. The summed E-state index contributed by atoms with van der Waals surface area (Å²) in [4.78, 5) is -0.179. The topological polar surface area (TPSA) is 68.3 Å². The molecule has 0 aliphatic carbocycles. The molecule has 78 valence electrons. The maximum absolute atomic E-state index is 11.5. The van der Waals surface area contributed by atoms with E-state index in [0.29, 0.717) is 0 Å². The molecule has 14 heavy (non-hydrogen) atoms. The number of hydrogen-bond donors (Lipinski definition) is 0. The average Bonchev–Trinajstić information content (AvgIpc) is 2.19. The number of rotatable bonds is 3. The van der Waals surface area contributed by atoms with Gasteiger partial charge in [0.2, 0.25) is 0 Å². The zero-order valence-corrected chi connectivity index (χ0v) is 9.18. The van der Waals surface area contributed by atoms with Gasteiger partial charge >= 0.3 is 0 Å². The first kappa shape index (κ1) is 11.2. The Kier molecular flexibility index (Phi) is 2.96. The Labute approximate surface area is 82.8 Å². The molecule has 0 saturated heterocycles. The van der Waals surface area contributed by atoms with Gasteiger partial charge in [0.25, 0.3) is 17.7 Å². The van der Waals surface area contributed by atoms with Crippen molar-refractivity contribution in [2.24, 2.45) is 0 Å². The Bertz CT molecular complexity index is 500. The maximum Gasteiger partial charge on any atom is 0.282 e. The predicted octanol–water partition coefficient (Wildman–Crippen LogP) is 0.810. The van der Waals surface area contributed by atoms with Crippen LogP contribution >= 0.6 is 0 Å². The predicted molar refractivity (Wildman–Crippen MR) is 53.1 cm³/mol. The molecule has 0 aliphatic heterocycles. The second-order valence-corrected chi connectivity index (χ2v) is 8.53. The van der Waals surface area contributed by atoms with E-state index in [1.807, 2.05) is 0 Å². The summed E-state index contributed by atoms with van der Waals surface area (Å²) in [5, 5.41) is 0. The minimum Gasteiger partial charge on any atom is -0.212 e. The highest BCUT2D eigenvalue weighted by Crippen LogP contribution is 2.16. The van der Waals surface area contributed by atoms with Gasteiger partial charge in [0.1, 0.15) is 0 Å². The molecule has 0 spiro atoms. The third-order valence-electron chi connectivity index (χ3n) is 1.72. The van der Waals surface area contributed by atoms with E-state index >= 15 is 0 Å². The van der Waals surface area contributed by atoms with E-state index in [2.05, 4.69) is 0 Å². The van der Waals surface area contributed by atoms with Crippen LogP contribution in [-0.2, 0) is 17.7 Å². The van der Waals surface area contributed by atoms with Gasteiger partial charge in [0.15, 0.2) is 0 Å². The Morgan fingerprint density at radius 2 is 1.50 bits per heavy atom. The zero-order valence-electron chi connectivity index (χ0n) is 7.54. The zero-order chi connectivity index (χ0) is 10.8. The van der Waals surface area contributed by atoms with Crippen LogP contribution < -0.4 is 0 Å². The molecule has 0 unspecified atom stereocenters. The Balaban J connectivity index is 3.39. The van der Waals surface area contributed by atoms with Crippen LogP contribution in [0.15, 0.2) is 35.2 Å². The van der Waals surface area contributed by atoms with Crippen molar-refractivity contribution in [3.8, 4) is 0 Å². The van der Waals surface area contributed by atoms with Crippen LogP contribution in [0.3, 0.4) is 0 Å². The van der Waals surface area contributed by atoms with Gasteiger partial charge in [-0.05, 0) is 12.1 Å². The molecular formula is C8H10O4S2. The summed E-state index contributed by atoms with van der Waals surface area (Å²) in [6.07, 6.45) is 0. The lowest BCUT2D eigenvalue weighted by Crippen LogP contribution is -2.17. The van der Waals surface area contributed by atoms with E-state index in [-0.39, 0.29) is 4.90 Å². The Hall–Kier alpha value is -0.880. The van der Waals surface area contributed by atoms with Crippen molar-refractivity contribution >= 4 is 17.7 Å². The van der Waals surface area contributed by atoms with Crippen molar-refractivity contribution in [3.05, 3.63) is 30.3 Å². The first-order valence-electron chi connectivity index (χ1n) is 3.94. The van der Waals surface area contributed by atoms with Gasteiger partial charge in [0.05, 0.1) is 10.6 Å². The monoisotopic (exact) mass is 234 g/mol. The molecule has 0 saturated carbocycles. The molecule has 0 amide bonds. The molecule has 6 heteroatoms. The third-order valence-corrected chi connectivity index (χ3v) is 7.24. The van der Waals surface area contributed by atoms with Gasteiger partial charge in [-0.2, -0.15) is 0 Å². The van der Waals surface area contributed by atoms with Crippen molar-refractivity contribution in [1.82, 2.24) is 0 Å². The summed E-state index contributed by atoms with van der Waals surface area (Å²) in [7, 11) is -8.29. The molecule has 1 aromatic rings. The summed E-state index contributed by atoms with van der Waals surface area (Å²) in [5.41, 5.74) is 0. The van der Waals surface area contributed by atoms with E-state index < -0.39 is 23.5 Å². The standard InChI is InChI=1S/C8H10O4S2/c1-2-13(9,10)14(11,12)8-6-4-3-5-7-8/h3-7H,2H2,1H3. The molecule has 0 radical (unpaired) electrons. The number of benzene rings is 1. The van der Waals surface area contributed by atoms with Crippen molar-refractivity contribution in [1.29, 1.82) is 0 Å². The van der Waals surface area contributed by atoms with Gasteiger partial charge in [-0.1, -0.05) is 25.1 Å². The minimum absolute atomic E-state index is 0.179. The van der Waals surface area contributed by atoms with Crippen LogP contribution in [0, 0.1) is 0 Å². The maximum atomic E-state index is 11.5. The van der Waals surface area contributed by atoms with Crippen LogP contribution in [0.2, 0.25) is 0 Å². The molecule has 0 atom stereocenters. The number of hydrogen-bond acceptors (Lipinski definition) is 4. The molecular weight excluding hydrogens is 224 g/mol. The van der Waals surface area contributed by atoms with Crippen molar-refractivity contribution in [3.63, 3.8) is 0 Å². The third kappa shape index (κ3) is 1.80. The van der Waals surface area contributed by atoms with E-state index in [0.717, 1.165) is 0 Å². The second-order valence-electron chi connectivity index (χ2n) is 2.61. The first-order chi connectivity index (χ1) is 6.42. The largest absolute Gasteiger partial charge is 0.282 e. The summed E-state index contributed by atoms with van der Waals surface area (Å²) >= 11 is 0. The highest BCUT2D eigenvalue weighted by molar-refractivity contribution is 8.67.